The Morgan fingerprint density at radius 3 is 2.75 bits per heavy atom. The summed E-state index contributed by atoms with van der Waals surface area (Å²) in [6, 6.07) is 4.95. The number of phenolic OH excluding ortho intramolecular Hbond substituents is 1. The van der Waals surface area contributed by atoms with E-state index in [1.165, 1.54) is 0 Å². The molecule has 3 heteroatoms. The van der Waals surface area contributed by atoms with Gasteiger partial charge in [-0.2, -0.15) is 0 Å². The summed E-state index contributed by atoms with van der Waals surface area (Å²) in [5.74, 6) is 0.203. The lowest BCUT2D eigenvalue weighted by Crippen LogP contribution is -1.91. The van der Waals surface area contributed by atoms with Gasteiger partial charge in [0, 0.05) is 12.7 Å². The van der Waals surface area contributed by atoms with Gasteiger partial charge in [-0.15, -0.1) is 0 Å². The molecule has 0 atom stereocenters. The molecule has 0 aliphatic carbocycles. The van der Waals surface area contributed by atoms with Gasteiger partial charge in [0.2, 0.25) is 0 Å². The standard InChI is InChI=1S/C9H12O3/c1-12-6-8-4-7(5-10)2-3-9(8)11/h2-4,10-11H,5-6H2,1H3. The van der Waals surface area contributed by atoms with Gasteiger partial charge in [0.05, 0.1) is 13.2 Å². The predicted molar refractivity (Wildman–Crippen MR) is 44.7 cm³/mol. The number of aromatic hydroxyl groups is 1. The van der Waals surface area contributed by atoms with Crippen LogP contribution in [0.4, 0.5) is 0 Å². The summed E-state index contributed by atoms with van der Waals surface area (Å²) in [7, 11) is 1.56. The van der Waals surface area contributed by atoms with E-state index in [4.69, 9.17) is 9.84 Å². The van der Waals surface area contributed by atoms with E-state index in [9.17, 15) is 5.11 Å². The summed E-state index contributed by atoms with van der Waals surface area (Å²) in [5.41, 5.74) is 1.48. The van der Waals surface area contributed by atoms with Gasteiger partial charge in [-0.05, 0) is 17.7 Å². The Kier molecular flexibility index (Phi) is 3.08. The molecule has 0 heterocycles. The lowest BCUT2D eigenvalue weighted by molar-refractivity contribution is 0.181. The summed E-state index contributed by atoms with van der Waals surface area (Å²) in [5, 5.41) is 18.1. The van der Waals surface area contributed by atoms with Crippen LogP contribution < -0.4 is 0 Å². The second-order valence-electron chi connectivity index (χ2n) is 2.55. The molecule has 1 aromatic carbocycles. The molecule has 0 aromatic heterocycles. The van der Waals surface area contributed by atoms with Gasteiger partial charge < -0.3 is 14.9 Å². The van der Waals surface area contributed by atoms with Crippen LogP contribution in [-0.2, 0) is 18.0 Å². The fourth-order valence-electron chi connectivity index (χ4n) is 1.01. The SMILES string of the molecule is COCc1cc(CO)ccc1O. The molecular weight excluding hydrogens is 156 g/mol. The third-order valence-electron chi connectivity index (χ3n) is 1.63. The molecule has 0 aliphatic heterocycles. The number of aliphatic hydroxyl groups is 1. The number of benzene rings is 1. The van der Waals surface area contributed by atoms with Crippen molar-refractivity contribution in [2.75, 3.05) is 7.11 Å². The first kappa shape index (κ1) is 9.03. The van der Waals surface area contributed by atoms with Crippen molar-refractivity contribution in [3.63, 3.8) is 0 Å². The minimum absolute atomic E-state index is 0.0169. The second kappa shape index (κ2) is 4.09. The zero-order valence-corrected chi connectivity index (χ0v) is 6.95. The van der Waals surface area contributed by atoms with Crippen molar-refractivity contribution in [2.24, 2.45) is 0 Å². The van der Waals surface area contributed by atoms with Gasteiger partial charge >= 0.3 is 0 Å². The normalized spacial score (nSPS) is 10.2. The maximum absolute atomic E-state index is 9.30. The van der Waals surface area contributed by atoms with Crippen LogP contribution in [0.2, 0.25) is 0 Å². The molecule has 3 nitrogen and oxygen atoms in total. The Morgan fingerprint density at radius 1 is 1.42 bits per heavy atom. The molecule has 0 radical (unpaired) electrons. The highest BCUT2D eigenvalue weighted by Gasteiger charge is 2.00. The fourth-order valence-corrected chi connectivity index (χ4v) is 1.01. The van der Waals surface area contributed by atoms with Gasteiger partial charge in [-0.1, -0.05) is 6.07 Å². The quantitative estimate of drug-likeness (QED) is 0.708. The van der Waals surface area contributed by atoms with E-state index in [-0.39, 0.29) is 12.4 Å². The van der Waals surface area contributed by atoms with Gasteiger partial charge in [0.15, 0.2) is 0 Å². The molecule has 2 N–H and O–H groups in total. The number of methoxy groups -OCH3 is 1. The van der Waals surface area contributed by atoms with Crippen LogP contribution in [0.15, 0.2) is 18.2 Å². The smallest absolute Gasteiger partial charge is 0.121 e. The van der Waals surface area contributed by atoms with Crippen LogP contribution >= 0.6 is 0 Å². The lowest BCUT2D eigenvalue weighted by Gasteiger charge is -2.04. The first-order valence-electron chi connectivity index (χ1n) is 3.68. The van der Waals surface area contributed by atoms with E-state index in [0.717, 1.165) is 5.56 Å². The van der Waals surface area contributed by atoms with E-state index >= 15 is 0 Å². The Hall–Kier alpha value is -1.06. The van der Waals surface area contributed by atoms with Crippen LogP contribution in [0.3, 0.4) is 0 Å². The van der Waals surface area contributed by atoms with Crippen LogP contribution in [-0.4, -0.2) is 17.3 Å². The lowest BCUT2D eigenvalue weighted by atomic mass is 10.1. The van der Waals surface area contributed by atoms with Gasteiger partial charge in [0.25, 0.3) is 0 Å². The molecule has 0 fully saturated rings. The largest absolute Gasteiger partial charge is 0.508 e. The highest BCUT2D eigenvalue weighted by Crippen LogP contribution is 2.18. The Labute approximate surface area is 71.2 Å². The molecule has 1 rings (SSSR count). The summed E-state index contributed by atoms with van der Waals surface area (Å²) in [6.45, 7) is 0.344. The Balaban J connectivity index is 2.91. The number of rotatable bonds is 3. The van der Waals surface area contributed by atoms with E-state index in [0.29, 0.717) is 12.2 Å². The maximum Gasteiger partial charge on any atom is 0.121 e. The van der Waals surface area contributed by atoms with Crippen molar-refractivity contribution in [3.8, 4) is 5.75 Å². The van der Waals surface area contributed by atoms with E-state index in [1.54, 1.807) is 25.3 Å². The first-order valence-corrected chi connectivity index (χ1v) is 3.68. The monoisotopic (exact) mass is 168 g/mol. The average molecular weight is 168 g/mol. The molecular formula is C9H12O3. The van der Waals surface area contributed by atoms with E-state index in [1.807, 2.05) is 0 Å². The third-order valence-corrected chi connectivity index (χ3v) is 1.63. The predicted octanol–water partition coefficient (Wildman–Crippen LogP) is 1.03. The average Bonchev–Trinajstić information content (AvgIpc) is 2.09. The molecule has 0 aliphatic rings. The van der Waals surface area contributed by atoms with Crippen molar-refractivity contribution < 1.29 is 14.9 Å². The highest BCUT2D eigenvalue weighted by molar-refractivity contribution is 5.35. The molecule has 66 valence electrons. The van der Waals surface area contributed by atoms with Crippen LogP contribution in [0.25, 0.3) is 0 Å². The van der Waals surface area contributed by atoms with Crippen molar-refractivity contribution in [1.29, 1.82) is 0 Å². The maximum atomic E-state index is 9.30. The molecule has 0 saturated heterocycles. The molecule has 12 heavy (non-hydrogen) atoms. The summed E-state index contributed by atoms with van der Waals surface area (Å²) < 4.78 is 4.87. The number of ether oxygens (including phenoxy) is 1. The number of hydrogen-bond acceptors (Lipinski definition) is 3. The molecule has 0 spiro atoms. The van der Waals surface area contributed by atoms with Crippen molar-refractivity contribution in [3.05, 3.63) is 29.3 Å². The van der Waals surface area contributed by atoms with E-state index < -0.39 is 0 Å². The van der Waals surface area contributed by atoms with Crippen molar-refractivity contribution in [2.45, 2.75) is 13.2 Å². The zero-order chi connectivity index (χ0) is 8.97. The molecule has 0 unspecified atom stereocenters. The number of phenols is 1. The van der Waals surface area contributed by atoms with Crippen LogP contribution in [0.1, 0.15) is 11.1 Å². The van der Waals surface area contributed by atoms with Gasteiger partial charge in [-0.25, -0.2) is 0 Å². The van der Waals surface area contributed by atoms with Crippen LogP contribution in [0.5, 0.6) is 5.75 Å². The third kappa shape index (κ3) is 1.96. The molecule has 0 saturated carbocycles. The van der Waals surface area contributed by atoms with Crippen molar-refractivity contribution >= 4 is 0 Å². The summed E-state index contributed by atoms with van der Waals surface area (Å²) in [4.78, 5) is 0. The van der Waals surface area contributed by atoms with Gasteiger partial charge in [-0.3, -0.25) is 0 Å². The molecule has 0 bridgehead atoms. The van der Waals surface area contributed by atoms with Crippen molar-refractivity contribution in [1.82, 2.24) is 0 Å². The molecule has 1 aromatic rings. The molecule has 0 amide bonds. The summed E-state index contributed by atoms with van der Waals surface area (Å²) in [6.07, 6.45) is 0. The Bertz CT molecular complexity index is 258. The minimum Gasteiger partial charge on any atom is -0.508 e. The minimum atomic E-state index is -0.0169. The fraction of sp³-hybridized carbons (Fsp3) is 0.333. The van der Waals surface area contributed by atoms with E-state index in [2.05, 4.69) is 0 Å². The van der Waals surface area contributed by atoms with Gasteiger partial charge in [0.1, 0.15) is 5.75 Å². The summed E-state index contributed by atoms with van der Waals surface area (Å²) >= 11 is 0. The highest BCUT2D eigenvalue weighted by atomic mass is 16.5. The second-order valence-corrected chi connectivity index (χ2v) is 2.55. The Morgan fingerprint density at radius 2 is 2.17 bits per heavy atom. The first-order chi connectivity index (χ1) is 5.77. The number of aliphatic hydroxyl groups excluding tert-OH is 1. The number of hydrogen-bond donors (Lipinski definition) is 2. The zero-order valence-electron chi connectivity index (χ0n) is 6.95. The van der Waals surface area contributed by atoms with Crippen LogP contribution in [0, 0.1) is 0 Å². The topological polar surface area (TPSA) is 49.7 Å².